The van der Waals surface area contributed by atoms with Crippen molar-refractivity contribution in [2.75, 3.05) is 11.9 Å². The molecule has 142 valence electrons. The third-order valence-corrected chi connectivity index (χ3v) is 5.45. The molecule has 3 aromatic carbocycles. The Hall–Kier alpha value is -2.91. The lowest BCUT2D eigenvalue weighted by molar-refractivity contribution is 0.102. The van der Waals surface area contributed by atoms with Gasteiger partial charge in [0.1, 0.15) is 0 Å². The van der Waals surface area contributed by atoms with Gasteiger partial charge in [-0.3, -0.25) is 9.69 Å². The number of carbonyl (C=O) groups is 1. The molecule has 0 saturated carbocycles. The summed E-state index contributed by atoms with van der Waals surface area (Å²) in [4.78, 5) is 15.0. The first-order valence-corrected chi connectivity index (χ1v) is 9.99. The molecule has 3 heteroatoms. The molecule has 0 unspecified atom stereocenters. The largest absolute Gasteiger partial charge is 0.322 e. The van der Waals surface area contributed by atoms with Crippen molar-refractivity contribution in [3.8, 4) is 0 Å². The molecule has 0 spiro atoms. The van der Waals surface area contributed by atoms with Crippen LogP contribution in [0.3, 0.4) is 0 Å². The second kappa shape index (κ2) is 8.41. The van der Waals surface area contributed by atoms with E-state index in [4.69, 9.17) is 0 Å². The van der Waals surface area contributed by atoms with E-state index in [2.05, 4.69) is 65.7 Å². The second-order valence-corrected chi connectivity index (χ2v) is 7.43. The number of benzene rings is 3. The fourth-order valence-corrected chi connectivity index (χ4v) is 3.74. The van der Waals surface area contributed by atoms with Crippen LogP contribution < -0.4 is 5.32 Å². The van der Waals surface area contributed by atoms with Crippen LogP contribution in [0.1, 0.15) is 39.5 Å². The molecule has 1 aliphatic heterocycles. The zero-order valence-electron chi connectivity index (χ0n) is 16.3. The summed E-state index contributed by atoms with van der Waals surface area (Å²) in [6.07, 6.45) is 2.10. The number of anilines is 1. The highest BCUT2D eigenvalue weighted by atomic mass is 16.1. The van der Waals surface area contributed by atoms with Crippen molar-refractivity contribution in [1.82, 2.24) is 4.90 Å². The van der Waals surface area contributed by atoms with Crippen LogP contribution in [0.5, 0.6) is 0 Å². The predicted octanol–water partition coefficient (Wildman–Crippen LogP) is 5.06. The Morgan fingerprint density at radius 2 is 1.57 bits per heavy atom. The third kappa shape index (κ3) is 4.32. The molecular formula is C25H26N2O. The highest BCUT2D eigenvalue weighted by molar-refractivity contribution is 6.04. The van der Waals surface area contributed by atoms with Gasteiger partial charge in [-0.25, -0.2) is 0 Å². The van der Waals surface area contributed by atoms with Crippen molar-refractivity contribution in [3.05, 3.63) is 101 Å². The van der Waals surface area contributed by atoms with E-state index in [9.17, 15) is 4.79 Å². The number of hydrogen-bond donors (Lipinski definition) is 1. The standard InChI is InChI=1S/C25H26N2O/c1-2-19-9-13-24(14-10-19)26-25(28)22-11-7-20(8-12-22)17-27-16-15-21-5-3-4-6-23(21)18-27/h3-14H,2,15-18H2,1H3,(H,26,28). The molecule has 0 aliphatic carbocycles. The summed E-state index contributed by atoms with van der Waals surface area (Å²) in [5.41, 5.74) is 6.92. The van der Waals surface area contributed by atoms with Gasteiger partial charge in [0.25, 0.3) is 5.91 Å². The van der Waals surface area contributed by atoms with Gasteiger partial charge in [0.2, 0.25) is 0 Å². The molecule has 1 aliphatic rings. The van der Waals surface area contributed by atoms with E-state index < -0.39 is 0 Å². The lowest BCUT2D eigenvalue weighted by atomic mass is 9.99. The van der Waals surface area contributed by atoms with Gasteiger partial charge in [0, 0.05) is 30.9 Å². The number of fused-ring (bicyclic) bond motifs is 1. The predicted molar refractivity (Wildman–Crippen MR) is 114 cm³/mol. The average molecular weight is 370 g/mol. The summed E-state index contributed by atoms with van der Waals surface area (Å²) in [6.45, 7) is 5.10. The fourth-order valence-electron chi connectivity index (χ4n) is 3.74. The summed E-state index contributed by atoms with van der Waals surface area (Å²) < 4.78 is 0. The highest BCUT2D eigenvalue weighted by Crippen LogP contribution is 2.20. The maximum absolute atomic E-state index is 12.5. The van der Waals surface area contributed by atoms with Crippen molar-refractivity contribution in [2.45, 2.75) is 32.9 Å². The first-order chi connectivity index (χ1) is 13.7. The number of amides is 1. The Kier molecular flexibility index (Phi) is 5.54. The zero-order chi connectivity index (χ0) is 19.3. The first kappa shape index (κ1) is 18.5. The quantitative estimate of drug-likeness (QED) is 0.681. The van der Waals surface area contributed by atoms with Crippen LogP contribution in [0.15, 0.2) is 72.8 Å². The van der Waals surface area contributed by atoms with Crippen LogP contribution in [0.4, 0.5) is 5.69 Å². The number of rotatable bonds is 5. The molecular weight excluding hydrogens is 344 g/mol. The van der Waals surface area contributed by atoms with E-state index in [0.717, 1.165) is 38.2 Å². The van der Waals surface area contributed by atoms with Gasteiger partial charge in [0.15, 0.2) is 0 Å². The summed E-state index contributed by atoms with van der Waals surface area (Å²) in [6, 6.07) is 24.7. The molecule has 0 aromatic heterocycles. The van der Waals surface area contributed by atoms with Gasteiger partial charge in [-0.1, -0.05) is 55.5 Å². The fraction of sp³-hybridized carbons (Fsp3) is 0.240. The van der Waals surface area contributed by atoms with Crippen LogP contribution >= 0.6 is 0 Å². The minimum absolute atomic E-state index is 0.0669. The average Bonchev–Trinajstić information content (AvgIpc) is 2.75. The topological polar surface area (TPSA) is 32.3 Å². The van der Waals surface area contributed by atoms with Gasteiger partial charge >= 0.3 is 0 Å². The molecule has 0 fully saturated rings. The molecule has 0 radical (unpaired) electrons. The normalized spacial score (nSPS) is 13.8. The lowest BCUT2D eigenvalue weighted by Crippen LogP contribution is -2.29. The van der Waals surface area contributed by atoms with E-state index in [1.54, 1.807) is 0 Å². The van der Waals surface area contributed by atoms with Gasteiger partial charge in [-0.2, -0.15) is 0 Å². The molecule has 4 rings (SSSR count). The first-order valence-electron chi connectivity index (χ1n) is 9.99. The second-order valence-electron chi connectivity index (χ2n) is 7.43. The monoisotopic (exact) mass is 370 g/mol. The van der Waals surface area contributed by atoms with Crippen LogP contribution in [0.25, 0.3) is 0 Å². The van der Waals surface area contributed by atoms with Crippen molar-refractivity contribution in [1.29, 1.82) is 0 Å². The summed E-state index contributed by atoms with van der Waals surface area (Å²) in [5, 5.41) is 2.97. The van der Waals surface area contributed by atoms with Crippen molar-refractivity contribution >= 4 is 11.6 Å². The smallest absolute Gasteiger partial charge is 0.255 e. The molecule has 0 atom stereocenters. The Morgan fingerprint density at radius 3 is 2.29 bits per heavy atom. The minimum atomic E-state index is -0.0669. The van der Waals surface area contributed by atoms with Crippen molar-refractivity contribution in [2.24, 2.45) is 0 Å². The SMILES string of the molecule is CCc1ccc(NC(=O)c2ccc(CN3CCc4ccccc4C3)cc2)cc1. The molecule has 1 amide bonds. The van der Waals surface area contributed by atoms with E-state index >= 15 is 0 Å². The van der Waals surface area contributed by atoms with Crippen molar-refractivity contribution < 1.29 is 4.79 Å². The Balaban J connectivity index is 1.36. The van der Waals surface area contributed by atoms with Crippen LogP contribution in [-0.4, -0.2) is 17.4 Å². The van der Waals surface area contributed by atoms with E-state index in [-0.39, 0.29) is 5.91 Å². The third-order valence-electron chi connectivity index (χ3n) is 5.45. The number of hydrogen-bond acceptors (Lipinski definition) is 2. The molecule has 3 nitrogen and oxygen atoms in total. The summed E-state index contributed by atoms with van der Waals surface area (Å²) >= 11 is 0. The Morgan fingerprint density at radius 1 is 0.893 bits per heavy atom. The lowest BCUT2D eigenvalue weighted by Gasteiger charge is -2.28. The summed E-state index contributed by atoms with van der Waals surface area (Å²) in [5.74, 6) is -0.0669. The molecule has 1 heterocycles. The van der Waals surface area contributed by atoms with E-state index in [1.807, 2.05) is 24.3 Å². The molecule has 1 N–H and O–H groups in total. The zero-order valence-corrected chi connectivity index (χ0v) is 16.3. The molecule has 0 bridgehead atoms. The van der Waals surface area contributed by atoms with Gasteiger partial charge in [-0.05, 0) is 59.4 Å². The minimum Gasteiger partial charge on any atom is -0.322 e. The Labute approximate surface area is 167 Å². The Bertz CT molecular complexity index is 945. The van der Waals surface area contributed by atoms with Crippen LogP contribution in [0.2, 0.25) is 0 Å². The van der Waals surface area contributed by atoms with Crippen LogP contribution in [0, 0.1) is 0 Å². The number of nitrogens with zero attached hydrogens (tertiary/aromatic N) is 1. The summed E-state index contributed by atoms with van der Waals surface area (Å²) in [7, 11) is 0. The van der Waals surface area contributed by atoms with Crippen molar-refractivity contribution in [3.63, 3.8) is 0 Å². The highest BCUT2D eigenvalue weighted by Gasteiger charge is 2.16. The maximum Gasteiger partial charge on any atom is 0.255 e. The molecule has 28 heavy (non-hydrogen) atoms. The number of nitrogens with one attached hydrogen (secondary N) is 1. The van der Waals surface area contributed by atoms with E-state index in [1.165, 1.54) is 22.3 Å². The van der Waals surface area contributed by atoms with Gasteiger partial charge in [0.05, 0.1) is 0 Å². The number of carbonyl (C=O) groups excluding carboxylic acids is 1. The van der Waals surface area contributed by atoms with Gasteiger partial charge in [-0.15, -0.1) is 0 Å². The maximum atomic E-state index is 12.5. The van der Waals surface area contributed by atoms with Crippen LogP contribution in [-0.2, 0) is 25.9 Å². The molecule has 3 aromatic rings. The number of aryl methyl sites for hydroxylation is 1. The molecule has 0 saturated heterocycles. The van der Waals surface area contributed by atoms with E-state index in [0.29, 0.717) is 5.56 Å². The van der Waals surface area contributed by atoms with Gasteiger partial charge < -0.3 is 5.32 Å².